The van der Waals surface area contributed by atoms with Crippen molar-refractivity contribution < 1.29 is 4.74 Å². The van der Waals surface area contributed by atoms with Crippen LogP contribution in [0.4, 0.5) is 0 Å². The molecule has 0 radical (unpaired) electrons. The zero-order chi connectivity index (χ0) is 13.1. The van der Waals surface area contributed by atoms with Crippen LogP contribution in [0.2, 0.25) is 0 Å². The number of aromatic nitrogens is 2. The predicted octanol–water partition coefficient (Wildman–Crippen LogP) is 2.36. The van der Waals surface area contributed by atoms with Gasteiger partial charge in [0.1, 0.15) is 21.9 Å². The van der Waals surface area contributed by atoms with Gasteiger partial charge >= 0.3 is 0 Å². The summed E-state index contributed by atoms with van der Waals surface area (Å²) < 4.78 is 8.32. The van der Waals surface area contributed by atoms with Crippen molar-refractivity contribution in [3.05, 3.63) is 34.7 Å². The van der Waals surface area contributed by atoms with Gasteiger partial charge in [-0.3, -0.25) is 0 Å². The SMILES string of the molecule is COc1ccccc1-c1nc(CCN)n(C)c1Br. The summed E-state index contributed by atoms with van der Waals surface area (Å²) in [5, 5.41) is 0. The summed E-state index contributed by atoms with van der Waals surface area (Å²) in [6, 6.07) is 7.85. The molecule has 1 aromatic heterocycles. The van der Waals surface area contributed by atoms with Gasteiger partial charge in [-0.2, -0.15) is 0 Å². The average Bonchev–Trinajstić information content (AvgIpc) is 2.67. The van der Waals surface area contributed by atoms with Gasteiger partial charge in [-0.1, -0.05) is 12.1 Å². The third-order valence-corrected chi connectivity index (χ3v) is 3.76. The molecule has 0 aliphatic carbocycles. The topological polar surface area (TPSA) is 53.1 Å². The van der Waals surface area contributed by atoms with Gasteiger partial charge < -0.3 is 15.0 Å². The number of benzene rings is 1. The van der Waals surface area contributed by atoms with Crippen LogP contribution in [0.25, 0.3) is 11.3 Å². The van der Waals surface area contributed by atoms with Crippen molar-refractivity contribution in [1.29, 1.82) is 0 Å². The first-order valence-electron chi connectivity index (χ1n) is 5.73. The molecule has 96 valence electrons. The van der Waals surface area contributed by atoms with E-state index < -0.39 is 0 Å². The maximum Gasteiger partial charge on any atom is 0.128 e. The Morgan fingerprint density at radius 2 is 2.11 bits per heavy atom. The van der Waals surface area contributed by atoms with Crippen LogP contribution in [-0.2, 0) is 13.5 Å². The van der Waals surface area contributed by atoms with Crippen LogP contribution in [0.3, 0.4) is 0 Å². The van der Waals surface area contributed by atoms with Gasteiger partial charge in [0.15, 0.2) is 0 Å². The second-order valence-corrected chi connectivity index (χ2v) is 4.72. The van der Waals surface area contributed by atoms with Crippen molar-refractivity contribution in [3.8, 4) is 17.0 Å². The Bertz CT molecular complexity index is 551. The number of methoxy groups -OCH3 is 1. The fraction of sp³-hybridized carbons (Fsp3) is 0.308. The molecule has 0 saturated heterocycles. The van der Waals surface area contributed by atoms with E-state index >= 15 is 0 Å². The van der Waals surface area contributed by atoms with Gasteiger partial charge in [-0.25, -0.2) is 4.98 Å². The molecule has 18 heavy (non-hydrogen) atoms. The van der Waals surface area contributed by atoms with Crippen molar-refractivity contribution in [2.75, 3.05) is 13.7 Å². The normalized spacial score (nSPS) is 10.7. The van der Waals surface area contributed by atoms with Gasteiger partial charge in [0.2, 0.25) is 0 Å². The van der Waals surface area contributed by atoms with E-state index in [-0.39, 0.29) is 0 Å². The summed E-state index contributed by atoms with van der Waals surface area (Å²) in [6.45, 7) is 0.586. The van der Waals surface area contributed by atoms with E-state index in [9.17, 15) is 0 Å². The minimum Gasteiger partial charge on any atom is -0.496 e. The predicted molar refractivity (Wildman–Crippen MR) is 75.7 cm³/mol. The Labute approximate surface area is 115 Å². The van der Waals surface area contributed by atoms with E-state index in [0.717, 1.165) is 33.9 Å². The largest absolute Gasteiger partial charge is 0.496 e. The van der Waals surface area contributed by atoms with Crippen LogP contribution in [-0.4, -0.2) is 23.2 Å². The molecular weight excluding hydrogens is 294 g/mol. The number of para-hydroxylation sites is 1. The number of imidazole rings is 1. The molecule has 0 fully saturated rings. The van der Waals surface area contributed by atoms with Crippen LogP contribution < -0.4 is 10.5 Å². The molecule has 2 rings (SSSR count). The lowest BCUT2D eigenvalue weighted by molar-refractivity contribution is 0.416. The van der Waals surface area contributed by atoms with Crippen LogP contribution in [0, 0.1) is 0 Å². The zero-order valence-electron chi connectivity index (χ0n) is 10.5. The number of halogens is 1. The van der Waals surface area contributed by atoms with E-state index in [1.54, 1.807) is 7.11 Å². The number of nitrogens with zero attached hydrogens (tertiary/aromatic N) is 2. The standard InChI is InChI=1S/C13H16BrN3O/c1-17-11(7-8-15)16-12(13(17)14)9-5-3-4-6-10(9)18-2/h3-6H,7-8,15H2,1-2H3. The summed E-state index contributed by atoms with van der Waals surface area (Å²) in [5.74, 6) is 1.78. The molecule has 0 atom stereocenters. The van der Waals surface area contributed by atoms with Crippen molar-refractivity contribution >= 4 is 15.9 Å². The second-order valence-electron chi connectivity index (χ2n) is 3.97. The third-order valence-electron chi connectivity index (χ3n) is 2.85. The van der Waals surface area contributed by atoms with E-state index in [1.807, 2.05) is 35.9 Å². The fourth-order valence-corrected chi connectivity index (χ4v) is 2.39. The lowest BCUT2D eigenvalue weighted by Gasteiger charge is -2.06. The zero-order valence-corrected chi connectivity index (χ0v) is 12.1. The molecule has 0 bridgehead atoms. The number of rotatable bonds is 4. The first-order valence-corrected chi connectivity index (χ1v) is 6.53. The van der Waals surface area contributed by atoms with Crippen LogP contribution in [0.15, 0.2) is 28.9 Å². The molecule has 5 heteroatoms. The van der Waals surface area contributed by atoms with E-state index in [0.29, 0.717) is 6.54 Å². The van der Waals surface area contributed by atoms with Gasteiger partial charge in [0.05, 0.1) is 7.11 Å². The van der Waals surface area contributed by atoms with Crippen molar-refractivity contribution in [2.24, 2.45) is 12.8 Å². The monoisotopic (exact) mass is 309 g/mol. The third kappa shape index (κ3) is 2.28. The summed E-state index contributed by atoms with van der Waals surface area (Å²) in [4.78, 5) is 4.63. The maximum atomic E-state index is 5.59. The molecule has 2 N–H and O–H groups in total. The lowest BCUT2D eigenvalue weighted by Crippen LogP contribution is -2.07. The highest BCUT2D eigenvalue weighted by atomic mass is 79.9. The van der Waals surface area contributed by atoms with Gasteiger partial charge in [0, 0.05) is 19.0 Å². The summed E-state index contributed by atoms with van der Waals surface area (Å²) in [7, 11) is 3.64. The highest BCUT2D eigenvalue weighted by molar-refractivity contribution is 9.10. The number of hydrogen-bond donors (Lipinski definition) is 1. The molecule has 1 heterocycles. The Morgan fingerprint density at radius 1 is 1.39 bits per heavy atom. The first-order chi connectivity index (χ1) is 8.69. The highest BCUT2D eigenvalue weighted by Gasteiger charge is 2.16. The lowest BCUT2D eigenvalue weighted by atomic mass is 10.1. The minimum absolute atomic E-state index is 0.586. The van der Waals surface area contributed by atoms with Gasteiger partial charge in [0.25, 0.3) is 0 Å². The molecule has 0 saturated carbocycles. The highest BCUT2D eigenvalue weighted by Crippen LogP contribution is 2.34. The number of ether oxygens (including phenoxy) is 1. The summed E-state index contributed by atoms with van der Waals surface area (Å²) in [5.41, 5.74) is 7.46. The molecule has 1 aromatic carbocycles. The molecule has 0 aliphatic rings. The Balaban J connectivity index is 2.54. The van der Waals surface area contributed by atoms with E-state index in [4.69, 9.17) is 10.5 Å². The molecule has 0 aliphatic heterocycles. The Hall–Kier alpha value is -1.33. The Morgan fingerprint density at radius 3 is 2.78 bits per heavy atom. The van der Waals surface area contributed by atoms with Crippen LogP contribution in [0.5, 0.6) is 5.75 Å². The summed E-state index contributed by atoms with van der Waals surface area (Å²) >= 11 is 3.58. The summed E-state index contributed by atoms with van der Waals surface area (Å²) in [6.07, 6.45) is 0.754. The number of nitrogens with two attached hydrogens (primary N) is 1. The molecule has 0 unspecified atom stereocenters. The van der Waals surface area contributed by atoms with Crippen LogP contribution in [0.1, 0.15) is 5.82 Å². The maximum absolute atomic E-state index is 5.59. The van der Waals surface area contributed by atoms with Crippen LogP contribution >= 0.6 is 15.9 Å². The van der Waals surface area contributed by atoms with Crippen molar-refractivity contribution in [2.45, 2.75) is 6.42 Å². The van der Waals surface area contributed by atoms with E-state index in [1.165, 1.54) is 0 Å². The first kappa shape index (κ1) is 13.1. The molecule has 0 amide bonds. The average molecular weight is 310 g/mol. The van der Waals surface area contributed by atoms with Crippen molar-refractivity contribution in [3.63, 3.8) is 0 Å². The molecule has 4 nitrogen and oxygen atoms in total. The smallest absolute Gasteiger partial charge is 0.128 e. The second kappa shape index (κ2) is 5.54. The van der Waals surface area contributed by atoms with Gasteiger partial charge in [-0.05, 0) is 34.6 Å². The molecule has 0 spiro atoms. The number of hydrogen-bond acceptors (Lipinski definition) is 3. The Kier molecular flexibility index (Phi) is 4.04. The van der Waals surface area contributed by atoms with Gasteiger partial charge in [-0.15, -0.1) is 0 Å². The quantitative estimate of drug-likeness (QED) is 0.943. The molecular formula is C13H16BrN3O. The van der Waals surface area contributed by atoms with E-state index in [2.05, 4.69) is 20.9 Å². The van der Waals surface area contributed by atoms with Crippen molar-refractivity contribution in [1.82, 2.24) is 9.55 Å². The molecule has 2 aromatic rings. The fourth-order valence-electron chi connectivity index (χ4n) is 1.89. The minimum atomic E-state index is 0.586.